The Morgan fingerprint density at radius 1 is 0.566 bits per heavy atom. The number of hydrogen-bond donors (Lipinski definition) is 11. The van der Waals surface area contributed by atoms with E-state index in [-0.39, 0.29) is 34.9 Å². The van der Waals surface area contributed by atoms with Crippen LogP contribution in [-0.2, 0) is 15.1 Å². The molecule has 0 fully saturated rings. The molecule has 1 aliphatic rings. The van der Waals surface area contributed by atoms with Gasteiger partial charge in [0.1, 0.15) is 46.5 Å². The van der Waals surface area contributed by atoms with E-state index in [4.69, 9.17) is 65.2 Å². The van der Waals surface area contributed by atoms with Gasteiger partial charge in [0, 0.05) is 44.5 Å². The van der Waals surface area contributed by atoms with E-state index in [1.807, 2.05) is 36.4 Å². The fraction of sp³-hybridized carbons (Fsp3) is 0.0526. The van der Waals surface area contributed by atoms with Gasteiger partial charge in [-0.05, 0) is 18.2 Å². The van der Waals surface area contributed by atoms with Gasteiger partial charge in [-0.3, -0.25) is 26.4 Å². The monoisotopic (exact) mass is 711 g/mol. The molecule has 1 aromatic heterocycles. The van der Waals surface area contributed by atoms with Gasteiger partial charge in [0.05, 0.1) is 0 Å². The Morgan fingerprint density at radius 2 is 0.925 bits per heavy atom. The second kappa shape index (κ2) is 15.1. The highest BCUT2D eigenvalue weighted by atomic mass is 16.5. The summed E-state index contributed by atoms with van der Waals surface area (Å²) >= 11 is 0. The number of ether oxygens (including phenoxy) is 1. The Kier molecular flexibility index (Phi) is 10.4. The fourth-order valence-electron chi connectivity index (χ4n) is 5.64. The van der Waals surface area contributed by atoms with Crippen molar-refractivity contribution in [1.82, 2.24) is 0 Å². The highest BCUT2D eigenvalue weighted by Crippen LogP contribution is 2.46. The van der Waals surface area contributed by atoms with E-state index in [0.717, 1.165) is 22.6 Å². The summed E-state index contributed by atoms with van der Waals surface area (Å²) in [6, 6.07) is 31.3. The Labute approximate surface area is 303 Å². The van der Waals surface area contributed by atoms with Gasteiger partial charge in [-0.25, -0.2) is 0 Å². The molecule has 268 valence electrons. The van der Waals surface area contributed by atoms with Crippen LogP contribution in [0.3, 0.4) is 0 Å². The third-order valence-corrected chi connectivity index (χ3v) is 8.49. The number of amides is 1. The predicted molar refractivity (Wildman–Crippen MR) is 203 cm³/mol. The van der Waals surface area contributed by atoms with Gasteiger partial charge in [0.2, 0.25) is 11.5 Å². The minimum atomic E-state index is -1.69. The molecule has 0 radical (unpaired) electrons. The fourth-order valence-corrected chi connectivity index (χ4v) is 5.64. The number of carbonyl (C=O) groups is 1. The molecule has 0 saturated heterocycles. The van der Waals surface area contributed by atoms with Crippen molar-refractivity contribution in [3.8, 4) is 22.6 Å². The molecule has 15 heteroatoms. The lowest BCUT2D eigenvalue weighted by Crippen LogP contribution is -2.50. The van der Waals surface area contributed by atoms with E-state index in [2.05, 4.69) is 5.16 Å². The van der Waals surface area contributed by atoms with Crippen LogP contribution in [0, 0.1) is 27.6 Å². The van der Waals surface area contributed by atoms with Crippen LogP contribution >= 0.6 is 0 Å². The molecular formula is C38H37N11O4. The van der Waals surface area contributed by atoms with Crippen LogP contribution in [0.1, 0.15) is 33.4 Å². The quantitative estimate of drug-likeness (QED) is 0.0436. The zero-order valence-electron chi connectivity index (χ0n) is 28.1. The van der Waals surface area contributed by atoms with Crippen molar-refractivity contribution in [3.63, 3.8) is 0 Å². The third kappa shape index (κ3) is 7.58. The number of rotatable bonds is 10. The van der Waals surface area contributed by atoms with Crippen molar-refractivity contribution in [2.75, 3.05) is 0 Å². The first kappa shape index (κ1) is 36.6. The predicted octanol–water partition coefficient (Wildman–Crippen LogP) is 3.55. The number of nitrogens with zero attached hydrogens (tertiary/aromatic N) is 1. The molecule has 2 unspecified atom stereocenters. The van der Waals surface area contributed by atoms with Crippen molar-refractivity contribution in [1.29, 1.82) is 21.6 Å². The van der Waals surface area contributed by atoms with Gasteiger partial charge in [0.15, 0.2) is 5.84 Å². The Morgan fingerprint density at radius 3 is 1.26 bits per heavy atom. The number of carbonyl (C=O) groups excluding carboxylic acids is 1. The molecule has 2 atom stereocenters. The van der Waals surface area contributed by atoms with E-state index >= 15 is 0 Å². The molecule has 0 spiro atoms. The van der Waals surface area contributed by atoms with Crippen molar-refractivity contribution >= 4 is 40.8 Å². The molecule has 0 aliphatic carbocycles. The SMILES string of the molecule is N=C(N)c1ccc(-c2ccc(-c3ccc(C(=N)N)cc3)o2)cc1.N=C(N)c1ccc(C2=CC(C(N)=O)C(C(N)=NO)(c3ccc(C(=N)N)cc3)O2)cc1. The second-order valence-corrected chi connectivity index (χ2v) is 11.9. The lowest BCUT2D eigenvalue weighted by molar-refractivity contribution is -0.124. The zero-order valence-corrected chi connectivity index (χ0v) is 28.1. The largest absolute Gasteiger partial charge is 0.473 e. The van der Waals surface area contributed by atoms with Gasteiger partial charge >= 0.3 is 0 Å². The van der Waals surface area contributed by atoms with Crippen LogP contribution in [0.25, 0.3) is 28.4 Å². The summed E-state index contributed by atoms with van der Waals surface area (Å²) in [6.07, 6.45) is 1.50. The van der Waals surface area contributed by atoms with Gasteiger partial charge in [0.25, 0.3) is 0 Å². The second-order valence-electron chi connectivity index (χ2n) is 11.9. The first-order chi connectivity index (χ1) is 25.2. The molecule has 1 amide bonds. The van der Waals surface area contributed by atoms with Crippen molar-refractivity contribution in [3.05, 3.63) is 149 Å². The van der Waals surface area contributed by atoms with E-state index in [0.29, 0.717) is 33.4 Å². The van der Waals surface area contributed by atoms with Crippen molar-refractivity contribution in [2.24, 2.45) is 45.5 Å². The number of nitrogens with one attached hydrogen (secondary N) is 4. The molecule has 6 rings (SSSR count). The van der Waals surface area contributed by atoms with E-state index in [1.54, 1.807) is 72.8 Å². The number of oxime groups is 1. The van der Waals surface area contributed by atoms with Gasteiger partial charge in [-0.15, -0.1) is 0 Å². The summed E-state index contributed by atoms with van der Waals surface area (Å²) in [5, 5.41) is 42.4. The average molecular weight is 712 g/mol. The molecule has 0 bridgehead atoms. The topological polar surface area (TPSA) is 324 Å². The third-order valence-electron chi connectivity index (χ3n) is 8.49. The van der Waals surface area contributed by atoms with Gasteiger partial charge in [-0.1, -0.05) is 102 Å². The molecule has 1 aliphatic heterocycles. The van der Waals surface area contributed by atoms with Crippen LogP contribution in [-0.4, -0.2) is 40.3 Å². The van der Waals surface area contributed by atoms with Crippen molar-refractivity contribution in [2.45, 2.75) is 5.60 Å². The molecule has 17 N–H and O–H groups in total. The Balaban J connectivity index is 0.000000211. The standard InChI is InChI=1S/C20H21N7O3.C18H16N4O/c21-16(22)11-3-1-10(2-4-11)15-9-14(18(25)28)20(30-15,19(26)27-29)13-7-5-12(6-8-13)17(23)24;19-17(20)13-5-1-11(2-6-13)15-9-10-16(23-15)12-3-7-14(8-4-12)18(21)22/h1-9,14,29H,(H3,21,22)(H3,23,24)(H2,25,28)(H2,26,27);1-10H,(H3,19,20)(H3,21,22). The Hall–Kier alpha value is -7.68. The highest BCUT2D eigenvalue weighted by Gasteiger charge is 2.54. The lowest BCUT2D eigenvalue weighted by Gasteiger charge is -2.33. The van der Waals surface area contributed by atoms with E-state index in [9.17, 15) is 10.0 Å². The number of amidine groups is 5. The van der Waals surface area contributed by atoms with Gasteiger partial charge < -0.3 is 48.8 Å². The van der Waals surface area contributed by atoms with E-state index < -0.39 is 17.4 Å². The first-order valence-corrected chi connectivity index (χ1v) is 15.8. The molecule has 53 heavy (non-hydrogen) atoms. The number of benzene rings is 4. The number of nitrogen functional groups attached to an aromatic ring is 4. The number of nitrogens with two attached hydrogens (primary N) is 6. The van der Waals surface area contributed by atoms with Crippen LogP contribution < -0.4 is 34.4 Å². The maximum absolute atomic E-state index is 12.3. The summed E-state index contributed by atoms with van der Waals surface area (Å²) in [7, 11) is 0. The number of primary amides is 1. The maximum atomic E-state index is 12.3. The molecule has 5 aromatic rings. The normalized spacial score (nSPS) is 16.3. The van der Waals surface area contributed by atoms with Crippen LogP contribution in [0.4, 0.5) is 0 Å². The molecule has 15 nitrogen and oxygen atoms in total. The molecule has 2 heterocycles. The summed E-state index contributed by atoms with van der Waals surface area (Å²) in [5.41, 5.74) is 37.0. The lowest BCUT2D eigenvalue weighted by atomic mass is 9.80. The van der Waals surface area contributed by atoms with Crippen LogP contribution in [0.5, 0.6) is 0 Å². The maximum Gasteiger partial charge on any atom is 0.229 e. The van der Waals surface area contributed by atoms with Crippen LogP contribution in [0.15, 0.2) is 125 Å². The summed E-state index contributed by atoms with van der Waals surface area (Å²) in [6.45, 7) is 0. The molecular weight excluding hydrogens is 674 g/mol. The summed E-state index contributed by atoms with van der Waals surface area (Å²) < 4.78 is 12.0. The molecule has 0 saturated carbocycles. The minimum Gasteiger partial charge on any atom is -0.473 e. The van der Waals surface area contributed by atoms with Gasteiger partial charge in [-0.2, -0.15) is 0 Å². The smallest absolute Gasteiger partial charge is 0.229 e. The first-order valence-electron chi connectivity index (χ1n) is 15.8. The summed E-state index contributed by atoms with van der Waals surface area (Å²) in [5.74, 6) is -0.561. The number of hydrogen-bond acceptors (Lipinski definition) is 9. The summed E-state index contributed by atoms with van der Waals surface area (Å²) in [4.78, 5) is 12.3. The average Bonchev–Trinajstić information content (AvgIpc) is 3.82. The highest BCUT2D eigenvalue weighted by molar-refractivity contribution is 6.01. The van der Waals surface area contributed by atoms with E-state index in [1.165, 1.54) is 6.08 Å². The number of furan rings is 1. The zero-order chi connectivity index (χ0) is 38.4. The Bertz CT molecular complexity index is 2190. The minimum absolute atomic E-state index is 0.0437. The molecule has 4 aromatic carbocycles. The van der Waals surface area contributed by atoms with Crippen molar-refractivity contribution < 1.29 is 19.2 Å². The van der Waals surface area contributed by atoms with Crippen LogP contribution in [0.2, 0.25) is 0 Å².